The number of nitrogens with zero attached hydrogens (tertiary/aromatic N) is 4. The number of hydrogen-bond acceptors (Lipinski definition) is 6. The predicted molar refractivity (Wildman–Crippen MR) is 153 cm³/mol. The first-order valence-electron chi connectivity index (χ1n) is 13.3. The lowest BCUT2D eigenvalue weighted by atomic mass is 9.88. The first-order chi connectivity index (χ1) is 19.4. The van der Waals surface area contributed by atoms with Gasteiger partial charge in [-0.15, -0.1) is 0 Å². The Morgan fingerprint density at radius 2 is 1.48 bits per heavy atom. The number of Topliss-reactive ketones (excluding diaryl/α,β-unsaturated/α-hetero) is 2. The number of aromatic nitrogens is 3. The Balaban J connectivity index is 1.18. The zero-order chi connectivity index (χ0) is 28.1. The van der Waals surface area contributed by atoms with E-state index in [1.165, 1.54) is 11.8 Å². The molecular weight excluding hydrogens is 524 g/mol. The van der Waals surface area contributed by atoms with Crippen LogP contribution in [0, 0.1) is 6.92 Å². The number of halogens is 1. The van der Waals surface area contributed by atoms with E-state index in [0.717, 1.165) is 24.0 Å². The van der Waals surface area contributed by atoms with Gasteiger partial charge in [-0.2, -0.15) is 0 Å². The van der Waals surface area contributed by atoms with Crippen molar-refractivity contribution in [2.24, 2.45) is 0 Å². The van der Waals surface area contributed by atoms with Gasteiger partial charge in [-0.25, -0.2) is 15.0 Å². The average molecular weight is 553 g/mol. The second kappa shape index (κ2) is 12.3. The van der Waals surface area contributed by atoms with Crippen molar-refractivity contribution in [1.29, 1.82) is 0 Å². The number of carbonyl (C=O) groups is 3. The molecule has 0 N–H and O–H groups in total. The molecule has 0 bridgehead atoms. The molecule has 40 heavy (non-hydrogen) atoms. The number of aryl methyl sites for hydroxylation is 1. The van der Waals surface area contributed by atoms with Crippen LogP contribution in [0.15, 0.2) is 79.3 Å². The highest BCUT2D eigenvalue weighted by molar-refractivity contribution is 6.29. The molecule has 1 aliphatic heterocycles. The Morgan fingerprint density at radius 1 is 0.825 bits per heavy atom. The summed E-state index contributed by atoms with van der Waals surface area (Å²) in [5, 5.41) is 0.339. The Labute approximate surface area is 238 Å². The van der Waals surface area contributed by atoms with Gasteiger partial charge in [-0.1, -0.05) is 41.9 Å². The van der Waals surface area contributed by atoms with E-state index in [9.17, 15) is 14.4 Å². The predicted octanol–water partition coefficient (Wildman–Crippen LogP) is 5.70. The van der Waals surface area contributed by atoms with Crippen molar-refractivity contribution >= 4 is 29.1 Å². The van der Waals surface area contributed by atoms with Crippen molar-refractivity contribution in [3.8, 4) is 0 Å². The van der Waals surface area contributed by atoms with Gasteiger partial charge in [0.25, 0.3) is 5.91 Å². The molecule has 1 fully saturated rings. The molecule has 4 aromatic rings. The van der Waals surface area contributed by atoms with Gasteiger partial charge >= 0.3 is 0 Å². The third-order valence-electron chi connectivity index (χ3n) is 7.42. The molecule has 3 heterocycles. The second-order valence-corrected chi connectivity index (χ2v) is 10.5. The largest absolute Gasteiger partial charge is 0.339 e. The van der Waals surface area contributed by atoms with E-state index in [4.69, 9.17) is 11.6 Å². The summed E-state index contributed by atoms with van der Waals surface area (Å²) in [5.41, 5.74) is 4.69. The fraction of sp³-hybridized carbons (Fsp3) is 0.250. The molecule has 8 heteroatoms. The van der Waals surface area contributed by atoms with Gasteiger partial charge in [0.2, 0.25) is 0 Å². The van der Waals surface area contributed by atoms with Crippen molar-refractivity contribution in [1.82, 2.24) is 19.9 Å². The van der Waals surface area contributed by atoms with Gasteiger partial charge in [0, 0.05) is 54.8 Å². The monoisotopic (exact) mass is 552 g/mol. The first kappa shape index (κ1) is 27.3. The van der Waals surface area contributed by atoms with Gasteiger partial charge in [-0.05, 0) is 72.7 Å². The lowest BCUT2D eigenvalue weighted by Crippen LogP contribution is -2.38. The number of pyridine rings is 1. The molecule has 202 valence electrons. The molecule has 0 radical (unpaired) electrons. The average Bonchev–Trinajstić information content (AvgIpc) is 2.99. The molecular formula is C32H29ClN4O3. The molecule has 0 aliphatic carbocycles. The van der Waals surface area contributed by atoms with Crippen molar-refractivity contribution < 1.29 is 14.4 Å². The maximum atomic E-state index is 13.3. The van der Waals surface area contributed by atoms with Crippen LogP contribution < -0.4 is 0 Å². The van der Waals surface area contributed by atoms with Crippen molar-refractivity contribution in [2.75, 3.05) is 13.1 Å². The van der Waals surface area contributed by atoms with Gasteiger partial charge in [0.15, 0.2) is 11.6 Å². The minimum atomic E-state index is -0.0706. The van der Waals surface area contributed by atoms with Gasteiger partial charge in [0.05, 0.1) is 6.42 Å². The summed E-state index contributed by atoms with van der Waals surface area (Å²) >= 11 is 5.84. The van der Waals surface area contributed by atoms with Crippen LogP contribution in [0.1, 0.15) is 72.3 Å². The maximum Gasteiger partial charge on any atom is 0.253 e. The number of amides is 1. The van der Waals surface area contributed by atoms with E-state index >= 15 is 0 Å². The maximum absolute atomic E-state index is 13.3. The SMILES string of the molecule is Cc1ccc(C(=O)N2CCC(c3ccc(C(=O)Cc4ncccn4)cc3)CC2)cc1CC(=O)c1ccc(Cl)nc1. The fourth-order valence-corrected chi connectivity index (χ4v) is 5.13. The summed E-state index contributed by atoms with van der Waals surface area (Å²) in [6.07, 6.45) is 6.80. The minimum Gasteiger partial charge on any atom is -0.339 e. The van der Waals surface area contributed by atoms with Crippen LogP contribution in [-0.4, -0.2) is 50.4 Å². The van der Waals surface area contributed by atoms with Crippen molar-refractivity contribution in [3.63, 3.8) is 0 Å². The van der Waals surface area contributed by atoms with Gasteiger partial charge < -0.3 is 4.90 Å². The molecule has 0 saturated carbocycles. The summed E-state index contributed by atoms with van der Waals surface area (Å²) in [7, 11) is 0. The van der Waals surface area contributed by atoms with Gasteiger partial charge in [0.1, 0.15) is 11.0 Å². The van der Waals surface area contributed by atoms with Crippen LogP contribution in [0.3, 0.4) is 0 Å². The summed E-state index contributed by atoms with van der Waals surface area (Å²) < 4.78 is 0. The van der Waals surface area contributed by atoms with Crippen LogP contribution in [-0.2, 0) is 12.8 Å². The number of ketones is 2. The summed E-state index contributed by atoms with van der Waals surface area (Å²) in [5.74, 6) is 0.731. The fourth-order valence-electron chi connectivity index (χ4n) is 5.02. The van der Waals surface area contributed by atoms with E-state index in [-0.39, 0.29) is 30.3 Å². The quantitative estimate of drug-likeness (QED) is 0.205. The highest BCUT2D eigenvalue weighted by Crippen LogP contribution is 2.29. The molecule has 1 saturated heterocycles. The van der Waals surface area contributed by atoms with E-state index in [0.29, 0.717) is 46.7 Å². The Morgan fingerprint density at radius 3 is 2.15 bits per heavy atom. The molecule has 5 rings (SSSR count). The molecule has 0 spiro atoms. The topological polar surface area (TPSA) is 93.1 Å². The van der Waals surface area contributed by atoms with Gasteiger partial charge in [-0.3, -0.25) is 14.4 Å². The molecule has 2 aromatic carbocycles. The zero-order valence-electron chi connectivity index (χ0n) is 22.2. The van der Waals surface area contributed by atoms with E-state index < -0.39 is 0 Å². The van der Waals surface area contributed by atoms with Crippen LogP contribution in [0.5, 0.6) is 0 Å². The van der Waals surface area contributed by atoms with E-state index in [1.54, 1.807) is 30.6 Å². The highest BCUT2D eigenvalue weighted by atomic mass is 35.5. The second-order valence-electron chi connectivity index (χ2n) is 10.1. The molecule has 1 aliphatic rings. The molecule has 1 amide bonds. The zero-order valence-corrected chi connectivity index (χ0v) is 23.0. The molecule has 0 unspecified atom stereocenters. The summed E-state index contributed by atoms with van der Waals surface area (Å²) in [4.78, 5) is 52.8. The lowest BCUT2D eigenvalue weighted by Gasteiger charge is -2.32. The number of carbonyl (C=O) groups excluding carboxylic acids is 3. The number of benzene rings is 2. The van der Waals surface area contributed by atoms with Crippen LogP contribution in [0.25, 0.3) is 0 Å². The molecule has 2 aromatic heterocycles. The van der Waals surface area contributed by atoms with Crippen molar-refractivity contribution in [3.05, 3.63) is 124 Å². The van der Waals surface area contributed by atoms with Crippen LogP contribution in [0.2, 0.25) is 5.15 Å². The third kappa shape index (κ3) is 6.49. The van der Waals surface area contributed by atoms with Crippen LogP contribution in [0.4, 0.5) is 0 Å². The number of hydrogen-bond donors (Lipinski definition) is 0. The Kier molecular flexibility index (Phi) is 8.41. The van der Waals surface area contributed by atoms with Crippen molar-refractivity contribution in [2.45, 2.75) is 38.5 Å². The normalized spacial score (nSPS) is 13.7. The van der Waals surface area contributed by atoms with E-state index in [1.807, 2.05) is 54.3 Å². The Hall–Kier alpha value is -4.23. The van der Waals surface area contributed by atoms with E-state index in [2.05, 4.69) is 15.0 Å². The molecule has 0 atom stereocenters. The lowest BCUT2D eigenvalue weighted by molar-refractivity contribution is 0.0712. The highest BCUT2D eigenvalue weighted by Gasteiger charge is 2.25. The number of piperidine rings is 1. The van der Waals surface area contributed by atoms with Crippen LogP contribution >= 0.6 is 11.6 Å². The molecule has 7 nitrogen and oxygen atoms in total. The minimum absolute atomic E-state index is 0.0119. The first-order valence-corrected chi connectivity index (χ1v) is 13.7. The summed E-state index contributed by atoms with van der Waals surface area (Å²) in [6.45, 7) is 3.24. The smallest absolute Gasteiger partial charge is 0.253 e. The standard InChI is InChI=1S/C32H29ClN4O3/c1-21-3-4-25(17-27(21)18-28(38)26-9-10-30(33)36-20-26)32(40)37-15-11-23(12-16-37)22-5-7-24(8-6-22)29(39)19-31-34-13-2-14-35-31/h2-10,13-14,17,20,23H,11-12,15-16,18-19H2,1H3. The third-order valence-corrected chi connectivity index (χ3v) is 7.64. The Bertz CT molecular complexity index is 1510. The summed E-state index contributed by atoms with van der Waals surface area (Å²) in [6, 6.07) is 18.3. The number of rotatable bonds is 8. The number of likely N-dealkylation sites (tertiary alicyclic amines) is 1.